The molecule has 0 aliphatic rings. The molecular formula is C18H11Cl3O2S. The molecule has 2 nitrogen and oxygen atoms in total. The number of benzene rings is 3. The van der Waals surface area contributed by atoms with Gasteiger partial charge in [-0.25, -0.2) is 4.21 Å². The van der Waals surface area contributed by atoms with Gasteiger partial charge in [-0.15, -0.1) is 0 Å². The molecule has 122 valence electrons. The van der Waals surface area contributed by atoms with Crippen molar-refractivity contribution in [2.24, 2.45) is 0 Å². The molecule has 3 rings (SSSR count). The van der Waals surface area contributed by atoms with Crippen molar-refractivity contribution in [1.82, 2.24) is 0 Å². The Kier molecular flexibility index (Phi) is 5.47. The Morgan fingerprint density at radius 2 is 1.25 bits per heavy atom. The van der Waals surface area contributed by atoms with Gasteiger partial charge >= 0.3 is 0 Å². The third kappa shape index (κ3) is 4.11. The first-order valence-corrected chi connectivity index (χ1v) is 9.21. The predicted molar refractivity (Wildman–Crippen MR) is 99.1 cm³/mol. The molecule has 0 fully saturated rings. The smallest absolute Gasteiger partial charge is 0.127 e. The van der Waals surface area contributed by atoms with Crippen LogP contribution in [0.5, 0.6) is 11.5 Å². The zero-order valence-electron chi connectivity index (χ0n) is 12.2. The molecule has 0 saturated heterocycles. The summed E-state index contributed by atoms with van der Waals surface area (Å²) in [6, 6.07) is 18.9. The molecule has 1 unspecified atom stereocenters. The van der Waals surface area contributed by atoms with Gasteiger partial charge in [-0.3, -0.25) is 0 Å². The van der Waals surface area contributed by atoms with Crippen LogP contribution in [0.25, 0.3) is 0 Å². The van der Waals surface area contributed by atoms with E-state index in [9.17, 15) is 4.21 Å². The van der Waals surface area contributed by atoms with E-state index in [2.05, 4.69) is 0 Å². The molecule has 0 spiro atoms. The third-order valence-corrected chi connectivity index (χ3v) is 5.55. The lowest BCUT2D eigenvalue weighted by Crippen LogP contribution is -1.94. The molecule has 0 radical (unpaired) electrons. The predicted octanol–water partition coefficient (Wildman–Crippen LogP) is 6.61. The maximum absolute atomic E-state index is 12.6. The molecule has 0 aliphatic heterocycles. The van der Waals surface area contributed by atoms with Crippen molar-refractivity contribution in [2.45, 2.75) is 9.79 Å². The Morgan fingerprint density at radius 1 is 0.708 bits per heavy atom. The minimum absolute atomic E-state index is 0.416. The number of hydrogen-bond acceptors (Lipinski definition) is 2. The van der Waals surface area contributed by atoms with Crippen LogP contribution in [0.4, 0.5) is 0 Å². The molecule has 0 bridgehead atoms. The Morgan fingerprint density at radius 3 is 1.88 bits per heavy atom. The van der Waals surface area contributed by atoms with Gasteiger partial charge in [0, 0.05) is 14.9 Å². The molecule has 0 aromatic heterocycles. The van der Waals surface area contributed by atoms with E-state index in [1.54, 1.807) is 66.7 Å². The average Bonchev–Trinajstić information content (AvgIpc) is 2.59. The molecule has 0 aliphatic carbocycles. The normalized spacial score (nSPS) is 12.0. The Hall–Kier alpha value is -1.52. The quantitative estimate of drug-likeness (QED) is 0.495. The molecule has 1 atom stereocenters. The van der Waals surface area contributed by atoms with Crippen LogP contribution >= 0.6 is 34.8 Å². The molecule has 0 heterocycles. The Bertz CT molecular complexity index is 878. The molecule has 3 aromatic carbocycles. The largest absolute Gasteiger partial charge is 0.457 e. The third-order valence-electron chi connectivity index (χ3n) is 3.18. The number of ether oxygens (including phenoxy) is 1. The van der Waals surface area contributed by atoms with Crippen LogP contribution in [0.2, 0.25) is 15.1 Å². The van der Waals surface area contributed by atoms with Gasteiger partial charge in [0.05, 0.1) is 20.7 Å². The molecule has 0 N–H and O–H groups in total. The van der Waals surface area contributed by atoms with E-state index in [0.29, 0.717) is 36.4 Å². The fourth-order valence-electron chi connectivity index (χ4n) is 2.02. The highest BCUT2D eigenvalue weighted by atomic mass is 35.5. The molecular weight excluding hydrogens is 387 g/mol. The second kappa shape index (κ2) is 7.58. The van der Waals surface area contributed by atoms with Crippen LogP contribution in [0.1, 0.15) is 0 Å². The van der Waals surface area contributed by atoms with Gasteiger partial charge in [0.15, 0.2) is 0 Å². The highest BCUT2D eigenvalue weighted by molar-refractivity contribution is 7.85. The number of halogens is 3. The summed E-state index contributed by atoms with van der Waals surface area (Å²) in [7, 11) is -1.42. The summed E-state index contributed by atoms with van der Waals surface area (Å²) in [6.45, 7) is 0. The first-order valence-electron chi connectivity index (χ1n) is 6.93. The van der Waals surface area contributed by atoms with E-state index in [1.165, 1.54) is 0 Å². The average molecular weight is 398 g/mol. The van der Waals surface area contributed by atoms with Crippen molar-refractivity contribution in [1.29, 1.82) is 0 Å². The van der Waals surface area contributed by atoms with Crippen molar-refractivity contribution >= 4 is 45.6 Å². The fourth-order valence-corrected chi connectivity index (χ4v) is 3.82. The Balaban J connectivity index is 1.80. The zero-order valence-corrected chi connectivity index (χ0v) is 15.3. The summed E-state index contributed by atoms with van der Waals surface area (Å²) in [6.07, 6.45) is 0. The molecule has 6 heteroatoms. The zero-order chi connectivity index (χ0) is 17.1. The maximum Gasteiger partial charge on any atom is 0.127 e. The fraction of sp³-hybridized carbons (Fsp3) is 0. The van der Waals surface area contributed by atoms with Crippen molar-refractivity contribution in [3.8, 4) is 11.5 Å². The van der Waals surface area contributed by atoms with Crippen LogP contribution < -0.4 is 4.74 Å². The summed E-state index contributed by atoms with van der Waals surface area (Å²) in [5.74, 6) is 1.31. The minimum Gasteiger partial charge on any atom is -0.457 e. The second-order valence-corrected chi connectivity index (χ2v) is 7.60. The van der Waals surface area contributed by atoms with Crippen molar-refractivity contribution in [3.05, 3.63) is 81.8 Å². The first-order chi connectivity index (χ1) is 11.5. The summed E-state index contributed by atoms with van der Waals surface area (Å²) in [5.41, 5.74) is 0. The Labute approximate surface area is 157 Å². The number of hydrogen-bond donors (Lipinski definition) is 0. The SMILES string of the molecule is O=S(c1ccc(Oc2ccc(Cl)cc2)cc1)c1cc(Cl)ccc1Cl. The van der Waals surface area contributed by atoms with Gasteiger partial charge in [0.2, 0.25) is 0 Å². The second-order valence-electron chi connectivity index (χ2n) is 4.87. The first kappa shape index (κ1) is 17.3. The van der Waals surface area contributed by atoms with E-state index < -0.39 is 10.8 Å². The van der Waals surface area contributed by atoms with Crippen LogP contribution in [-0.2, 0) is 10.8 Å². The lowest BCUT2D eigenvalue weighted by atomic mass is 10.3. The van der Waals surface area contributed by atoms with Gasteiger partial charge in [0.25, 0.3) is 0 Å². The van der Waals surface area contributed by atoms with Gasteiger partial charge < -0.3 is 4.74 Å². The topological polar surface area (TPSA) is 26.3 Å². The highest BCUT2D eigenvalue weighted by Crippen LogP contribution is 2.29. The molecule has 0 saturated carbocycles. The molecule has 24 heavy (non-hydrogen) atoms. The summed E-state index contributed by atoms with van der Waals surface area (Å²) in [4.78, 5) is 1.10. The summed E-state index contributed by atoms with van der Waals surface area (Å²) < 4.78 is 18.4. The van der Waals surface area contributed by atoms with Crippen LogP contribution in [-0.4, -0.2) is 4.21 Å². The summed E-state index contributed by atoms with van der Waals surface area (Å²) in [5, 5.41) is 1.55. The highest BCUT2D eigenvalue weighted by Gasteiger charge is 2.12. The van der Waals surface area contributed by atoms with E-state index in [-0.39, 0.29) is 0 Å². The lowest BCUT2D eigenvalue weighted by Gasteiger charge is -2.08. The van der Waals surface area contributed by atoms with E-state index in [1.807, 2.05) is 0 Å². The van der Waals surface area contributed by atoms with Crippen molar-refractivity contribution < 1.29 is 8.95 Å². The van der Waals surface area contributed by atoms with E-state index in [4.69, 9.17) is 39.5 Å². The van der Waals surface area contributed by atoms with Gasteiger partial charge in [0.1, 0.15) is 11.5 Å². The van der Waals surface area contributed by atoms with Crippen molar-refractivity contribution in [2.75, 3.05) is 0 Å². The summed E-state index contributed by atoms with van der Waals surface area (Å²) >= 11 is 17.9. The molecule has 3 aromatic rings. The van der Waals surface area contributed by atoms with Gasteiger partial charge in [-0.05, 0) is 66.7 Å². The van der Waals surface area contributed by atoms with Gasteiger partial charge in [-0.2, -0.15) is 0 Å². The minimum atomic E-state index is -1.42. The maximum atomic E-state index is 12.6. The van der Waals surface area contributed by atoms with Crippen LogP contribution in [0, 0.1) is 0 Å². The van der Waals surface area contributed by atoms with Crippen LogP contribution in [0.3, 0.4) is 0 Å². The van der Waals surface area contributed by atoms with Gasteiger partial charge in [-0.1, -0.05) is 34.8 Å². The lowest BCUT2D eigenvalue weighted by molar-refractivity contribution is 0.482. The van der Waals surface area contributed by atoms with Crippen LogP contribution in [0.15, 0.2) is 76.5 Å². The van der Waals surface area contributed by atoms with Crippen molar-refractivity contribution in [3.63, 3.8) is 0 Å². The monoisotopic (exact) mass is 396 g/mol. The molecule has 0 amide bonds. The standard InChI is InChI=1S/C18H11Cl3O2S/c19-12-1-4-14(5-2-12)23-15-6-8-16(9-7-15)24(22)18-11-13(20)3-10-17(18)21/h1-11H. The van der Waals surface area contributed by atoms with E-state index >= 15 is 0 Å². The number of rotatable bonds is 4. The van der Waals surface area contributed by atoms with E-state index in [0.717, 1.165) is 0 Å².